The molecule has 5 nitrogen and oxygen atoms in total. The third kappa shape index (κ3) is 5.24. The Balaban J connectivity index is 1.64. The van der Waals surface area contributed by atoms with Gasteiger partial charge in [-0.25, -0.2) is 9.78 Å². The molecule has 136 valence electrons. The average molecular weight is 425 g/mol. The van der Waals surface area contributed by atoms with E-state index in [1.54, 1.807) is 19.1 Å². The number of Topliss-reactive ketones (excluding diaryl/α,β-unsaturated/α-hetero) is 1. The molecule has 0 radical (unpaired) electrons. The second-order valence-electron chi connectivity index (χ2n) is 5.87. The van der Waals surface area contributed by atoms with Crippen molar-refractivity contribution in [3.63, 3.8) is 0 Å². The quantitative estimate of drug-likeness (QED) is 0.471. The highest BCUT2D eigenvalue weighted by Crippen LogP contribution is 2.18. The van der Waals surface area contributed by atoms with Crippen LogP contribution in [0, 0.1) is 0 Å². The Morgan fingerprint density at radius 1 is 1.04 bits per heavy atom. The second kappa shape index (κ2) is 8.60. The predicted octanol–water partition coefficient (Wildman–Crippen LogP) is 4.35. The van der Waals surface area contributed by atoms with E-state index < -0.39 is 11.8 Å². The molecule has 1 atom stereocenters. The average Bonchev–Trinajstić information content (AvgIpc) is 2.68. The van der Waals surface area contributed by atoms with Crippen LogP contribution in [0.25, 0.3) is 12.2 Å². The summed E-state index contributed by atoms with van der Waals surface area (Å²) in [5.41, 5.74) is 1.73. The van der Waals surface area contributed by atoms with E-state index in [4.69, 9.17) is 4.74 Å². The molecule has 0 aliphatic carbocycles. The van der Waals surface area contributed by atoms with Gasteiger partial charge in [-0.05, 0) is 48.4 Å². The van der Waals surface area contributed by atoms with Crippen LogP contribution in [0.2, 0.25) is 0 Å². The monoisotopic (exact) mass is 424 g/mol. The van der Waals surface area contributed by atoms with Gasteiger partial charge in [0.2, 0.25) is 5.78 Å². The van der Waals surface area contributed by atoms with Crippen LogP contribution in [0.3, 0.4) is 0 Å². The maximum atomic E-state index is 12.3. The zero-order valence-corrected chi connectivity index (χ0v) is 16.1. The van der Waals surface area contributed by atoms with Gasteiger partial charge in [0.1, 0.15) is 5.75 Å². The van der Waals surface area contributed by atoms with Crippen LogP contribution >= 0.6 is 15.9 Å². The third-order valence-electron chi connectivity index (χ3n) is 3.84. The van der Waals surface area contributed by atoms with Crippen molar-refractivity contribution in [1.82, 2.24) is 9.97 Å². The first-order valence-electron chi connectivity index (χ1n) is 8.31. The largest absolute Gasteiger partial charge is 0.483 e. The normalized spacial score (nSPS) is 12.1. The lowest BCUT2D eigenvalue weighted by Crippen LogP contribution is -2.27. The van der Waals surface area contributed by atoms with Crippen molar-refractivity contribution < 1.29 is 9.53 Å². The van der Waals surface area contributed by atoms with Crippen LogP contribution in [0.4, 0.5) is 0 Å². The molecule has 0 aliphatic rings. The molecular formula is C21H17BrN2O3. The number of aromatic nitrogens is 2. The molecule has 2 aromatic carbocycles. The molecule has 0 amide bonds. The summed E-state index contributed by atoms with van der Waals surface area (Å²) < 4.78 is 6.72. The second-order valence-corrected chi connectivity index (χ2v) is 6.78. The number of hydrogen-bond donors (Lipinski definition) is 1. The SMILES string of the molecule is CC(Oc1ccc(/C=C/c2ccc(Br)cc2)cc1)C(=O)c1ccnc(=O)[nH]1. The minimum absolute atomic E-state index is 0.177. The molecular weight excluding hydrogens is 408 g/mol. The fraction of sp³-hybridized carbons (Fsp3) is 0.0952. The lowest BCUT2D eigenvalue weighted by atomic mass is 10.1. The summed E-state index contributed by atoms with van der Waals surface area (Å²) in [4.78, 5) is 29.5. The lowest BCUT2D eigenvalue weighted by molar-refractivity contribution is 0.0812. The van der Waals surface area contributed by atoms with Gasteiger partial charge in [-0.15, -0.1) is 0 Å². The minimum Gasteiger partial charge on any atom is -0.483 e. The van der Waals surface area contributed by atoms with Crippen molar-refractivity contribution in [2.24, 2.45) is 0 Å². The number of H-pyrrole nitrogens is 1. The highest BCUT2D eigenvalue weighted by atomic mass is 79.9. The van der Waals surface area contributed by atoms with Gasteiger partial charge in [0.15, 0.2) is 6.10 Å². The number of ether oxygens (including phenoxy) is 1. The van der Waals surface area contributed by atoms with Gasteiger partial charge < -0.3 is 9.72 Å². The molecule has 27 heavy (non-hydrogen) atoms. The van der Waals surface area contributed by atoms with Gasteiger partial charge in [0.25, 0.3) is 0 Å². The van der Waals surface area contributed by atoms with Crippen LogP contribution in [0.1, 0.15) is 28.5 Å². The number of rotatable bonds is 6. The maximum absolute atomic E-state index is 12.3. The summed E-state index contributed by atoms with van der Waals surface area (Å²) in [5, 5.41) is 0. The Kier molecular flexibility index (Phi) is 5.98. The van der Waals surface area contributed by atoms with E-state index in [0.717, 1.165) is 15.6 Å². The molecule has 1 N–H and O–H groups in total. The van der Waals surface area contributed by atoms with Crippen molar-refractivity contribution in [1.29, 1.82) is 0 Å². The highest BCUT2D eigenvalue weighted by Gasteiger charge is 2.17. The summed E-state index contributed by atoms with van der Waals surface area (Å²) >= 11 is 3.41. The van der Waals surface area contributed by atoms with Crippen LogP contribution in [0.5, 0.6) is 5.75 Å². The van der Waals surface area contributed by atoms with Crippen molar-refractivity contribution in [3.05, 3.63) is 92.6 Å². The Morgan fingerprint density at radius 3 is 2.22 bits per heavy atom. The molecule has 0 spiro atoms. The van der Waals surface area contributed by atoms with Gasteiger partial charge in [-0.1, -0.05) is 52.3 Å². The first-order valence-corrected chi connectivity index (χ1v) is 9.10. The molecule has 0 saturated heterocycles. The fourth-order valence-corrected chi connectivity index (χ4v) is 2.68. The van der Waals surface area contributed by atoms with Gasteiger partial charge in [-0.2, -0.15) is 0 Å². The number of carbonyl (C=O) groups excluding carboxylic acids is 1. The molecule has 1 unspecified atom stereocenters. The zero-order valence-electron chi connectivity index (χ0n) is 14.6. The topological polar surface area (TPSA) is 72.0 Å². The standard InChI is InChI=1S/C21H17BrN2O3/c1-14(20(25)19-12-13-23-21(26)24-19)27-18-10-6-16(7-11-18)3-2-15-4-8-17(22)9-5-15/h2-14H,1H3,(H,23,24,26)/b3-2+. The van der Waals surface area contributed by atoms with E-state index in [1.165, 1.54) is 12.3 Å². The number of halogens is 1. The molecule has 3 aromatic rings. The van der Waals surface area contributed by atoms with Gasteiger partial charge in [-0.3, -0.25) is 4.79 Å². The Labute approximate surface area is 164 Å². The van der Waals surface area contributed by atoms with E-state index in [0.29, 0.717) is 5.75 Å². The molecule has 3 rings (SSSR count). The number of nitrogens with zero attached hydrogens (tertiary/aromatic N) is 1. The van der Waals surface area contributed by atoms with Gasteiger partial charge >= 0.3 is 5.69 Å². The van der Waals surface area contributed by atoms with E-state index in [-0.39, 0.29) is 11.5 Å². The maximum Gasteiger partial charge on any atom is 0.345 e. The smallest absolute Gasteiger partial charge is 0.345 e. The molecule has 1 heterocycles. The van der Waals surface area contributed by atoms with E-state index in [2.05, 4.69) is 25.9 Å². The first-order chi connectivity index (χ1) is 13.0. The Morgan fingerprint density at radius 2 is 1.63 bits per heavy atom. The Hall–Kier alpha value is -2.99. The van der Waals surface area contributed by atoms with Crippen LogP contribution in [-0.2, 0) is 0 Å². The summed E-state index contributed by atoms with van der Waals surface area (Å²) in [6, 6.07) is 16.9. The molecule has 0 fully saturated rings. The molecule has 0 aliphatic heterocycles. The summed E-state index contributed by atoms with van der Waals surface area (Å²) in [6.07, 6.45) is 4.59. The molecule has 6 heteroatoms. The van der Waals surface area contributed by atoms with Crippen LogP contribution in [0.15, 0.2) is 70.1 Å². The number of hydrogen-bond acceptors (Lipinski definition) is 4. The van der Waals surface area contributed by atoms with E-state index >= 15 is 0 Å². The van der Waals surface area contributed by atoms with Crippen LogP contribution < -0.4 is 10.4 Å². The fourth-order valence-electron chi connectivity index (χ4n) is 2.41. The predicted molar refractivity (Wildman–Crippen MR) is 109 cm³/mol. The highest BCUT2D eigenvalue weighted by molar-refractivity contribution is 9.10. The molecule has 1 aromatic heterocycles. The van der Waals surface area contributed by atoms with Crippen molar-refractivity contribution >= 4 is 33.9 Å². The molecule has 0 bridgehead atoms. The van der Waals surface area contributed by atoms with E-state index in [1.807, 2.05) is 48.6 Å². The lowest BCUT2D eigenvalue weighted by Gasteiger charge is -2.13. The summed E-state index contributed by atoms with van der Waals surface area (Å²) in [5.74, 6) is 0.266. The number of ketones is 1. The summed E-state index contributed by atoms with van der Waals surface area (Å²) in [7, 11) is 0. The summed E-state index contributed by atoms with van der Waals surface area (Å²) in [6.45, 7) is 1.64. The number of nitrogens with one attached hydrogen (secondary N) is 1. The third-order valence-corrected chi connectivity index (χ3v) is 4.37. The van der Waals surface area contributed by atoms with Gasteiger partial charge in [0, 0.05) is 10.7 Å². The van der Waals surface area contributed by atoms with Crippen molar-refractivity contribution in [2.75, 3.05) is 0 Å². The van der Waals surface area contributed by atoms with Crippen molar-refractivity contribution in [2.45, 2.75) is 13.0 Å². The van der Waals surface area contributed by atoms with Crippen molar-refractivity contribution in [3.8, 4) is 5.75 Å². The first kappa shape index (κ1) is 18.8. The zero-order chi connectivity index (χ0) is 19.2. The molecule has 0 saturated carbocycles. The van der Waals surface area contributed by atoms with Gasteiger partial charge in [0.05, 0.1) is 5.69 Å². The number of benzene rings is 2. The Bertz CT molecular complexity index is 1010. The number of carbonyl (C=O) groups is 1. The minimum atomic E-state index is -0.729. The number of aromatic amines is 1. The van der Waals surface area contributed by atoms with Crippen LogP contribution in [-0.4, -0.2) is 21.9 Å². The van der Waals surface area contributed by atoms with E-state index in [9.17, 15) is 9.59 Å².